The smallest absolute Gasteiger partial charge is 0.378 e. The molecule has 256 valence electrons. The summed E-state index contributed by atoms with van der Waals surface area (Å²) in [4.78, 5) is 11.7. The first kappa shape index (κ1) is 37.6. The van der Waals surface area contributed by atoms with Crippen molar-refractivity contribution in [3.63, 3.8) is 0 Å². The average Bonchev–Trinajstić information content (AvgIpc) is 3.43. The number of unbranched alkanes of at least 4 members (excludes halogenated alkanes) is 2. The van der Waals surface area contributed by atoms with E-state index >= 15 is 0 Å². The van der Waals surface area contributed by atoms with E-state index in [0.29, 0.717) is 33.4 Å². The second-order valence-corrected chi connectivity index (χ2v) is 12.2. The molecule has 1 heterocycles. The Morgan fingerprint density at radius 1 is 0.913 bits per heavy atom. The van der Waals surface area contributed by atoms with Crippen LogP contribution in [0, 0.1) is 0 Å². The normalized spacial score (nSPS) is 13.7. The van der Waals surface area contributed by atoms with Gasteiger partial charge in [-0.25, -0.2) is 0 Å². The van der Waals surface area contributed by atoms with E-state index in [1.54, 1.807) is 6.07 Å². The van der Waals surface area contributed by atoms with E-state index in [1.807, 2.05) is 25.1 Å². The van der Waals surface area contributed by atoms with Gasteiger partial charge in [-0.05, 0) is 54.7 Å². The van der Waals surface area contributed by atoms with Crippen molar-refractivity contribution in [1.82, 2.24) is 0 Å². The van der Waals surface area contributed by atoms with E-state index in [-0.39, 0.29) is 0 Å². The van der Waals surface area contributed by atoms with E-state index in [9.17, 15) is 39.9 Å². The molecular weight excluding hydrogens is 644 g/mol. The largest absolute Gasteiger partial charge is 0.464 e. The molecule has 46 heavy (non-hydrogen) atoms. The van der Waals surface area contributed by atoms with Crippen LogP contribution >= 0.6 is 11.8 Å². The van der Waals surface area contributed by atoms with Gasteiger partial charge < -0.3 is 20.6 Å². The fraction of sp³-hybridized carbons (Fsp3) is 0.531. The zero-order chi connectivity index (χ0) is 34.3. The van der Waals surface area contributed by atoms with Crippen molar-refractivity contribution < 1.29 is 49.1 Å². The number of esters is 1. The highest BCUT2D eigenvalue weighted by atomic mass is 32.2. The first-order chi connectivity index (χ1) is 21.5. The summed E-state index contributed by atoms with van der Waals surface area (Å²) < 4.78 is 125. The van der Waals surface area contributed by atoms with Crippen molar-refractivity contribution >= 4 is 28.7 Å². The molecule has 3 rings (SSSR count). The lowest BCUT2D eigenvalue weighted by molar-refractivity contribution is -0.367. The third-order valence-electron chi connectivity index (χ3n) is 7.59. The van der Waals surface area contributed by atoms with Gasteiger partial charge in [-0.15, -0.1) is 11.8 Å². The molecule has 5 nitrogen and oxygen atoms in total. The summed E-state index contributed by atoms with van der Waals surface area (Å²) >= 11 is 0.657. The molecule has 1 unspecified atom stereocenters. The van der Waals surface area contributed by atoms with Crippen LogP contribution in [0.3, 0.4) is 0 Å². The molecule has 0 saturated carbocycles. The van der Waals surface area contributed by atoms with Crippen molar-refractivity contribution in [2.24, 2.45) is 11.5 Å². The molecule has 0 radical (unpaired) electrons. The Morgan fingerprint density at radius 2 is 1.59 bits per heavy atom. The van der Waals surface area contributed by atoms with Gasteiger partial charge in [-0.2, -0.15) is 35.1 Å². The molecule has 0 saturated heterocycles. The van der Waals surface area contributed by atoms with Crippen molar-refractivity contribution in [3.8, 4) is 11.3 Å². The first-order valence-electron chi connectivity index (χ1n) is 14.9. The maximum absolute atomic E-state index is 14.5. The predicted octanol–water partition coefficient (Wildman–Crippen LogP) is 8.64. The highest BCUT2D eigenvalue weighted by Gasteiger charge is 2.79. The second kappa shape index (κ2) is 15.4. The lowest BCUT2D eigenvalue weighted by Gasteiger charge is -2.36. The van der Waals surface area contributed by atoms with Gasteiger partial charge >= 0.3 is 29.7 Å². The van der Waals surface area contributed by atoms with Crippen LogP contribution in [0.15, 0.2) is 51.8 Å². The third kappa shape index (κ3) is 8.35. The number of carbonyl (C=O) groups excluding carboxylic acids is 1. The number of thioether (sulfide) groups is 1. The van der Waals surface area contributed by atoms with E-state index in [0.717, 1.165) is 43.2 Å². The SMILES string of the molecule is CCCCCc1ccc(-c2cc3ccc(SCCC(F)(F)C(F)(F)C(F)(F)C(F)(F)CCOC(=O)C(N)CN)cc3o2)c(CC)c1. The average molecular weight is 683 g/mol. The molecule has 0 aliphatic rings. The number of hydrogen-bond acceptors (Lipinski definition) is 6. The molecule has 0 aliphatic carbocycles. The first-order valence-corrected chi connectivity index (χ1v) is 15.9. The molecule has 14 heteroatoms. The van der Waals surface area contributed by atoms with Crippen molar-refractivity contribution in [1.29, 1.82) is 0 Å². The zero-order valence-corrected chi connectivity index (χ0v) is 26.3. The van der Waals surface area contributed by atoms with E-state index in [2.05, 4.69) is 17.7 Å². The highest BCUT2D eigenvalue weighted by molar-refractivity contribution is 7.99. The van der Waals surface area contributed by atoms with Crippen LogP contribution in [-0.2, 0) is 22.4 Å². The van der Waals surface area contributed by atoms with E-state index in [1.165, 1.54) is 17.7 Å². The van der Waals surface area contributed by atoms with Gasteiger partial charge in [0, 0.05) is 34.6 Å². The Bertz CT molecular complexity index is 1460. The summed E-state index contributed by atoms with van der Waals surface area (Å²) in [7, 11) is 0. The summed E-state index contributed by atoms with van der Waals surface area (Å²) in [5.74, 6) is -25.6. The van der Waals surface area contributed by atoms with Gasteiger partial charge in [-0.3, -0.25) is 4.79 Å². The number of fused-ring (bicyclic) bond motifs is 1. The summed E-state index contributed by atoms with van der Waals surface area (Å²) in [5.41, 5.74) is 13.9. The predicted molar refractivity (Wildman–Crippen MR) is 162 cm³/mol. The monoisotopic (exact) mass is 682 g/mol. The van der Waals surface area contributed by atoms with Gasteiger partial charge in [0.15, 0.2) is 0 Å². The summed E-state index contributed by atoms with van der Waals surface area (Å²) in [6.45, 7) is 2.24. The van der Waals surface area contributed by atoms with Crippen LogP contribution in [0.4, 0.5) is 35.1 Å². The van der Waals surface area contributed by atoms with Gasteiger partial charge in [0.05, 0.1) is 13.0 Å². The standard InChI is InChI=1S/C32H38F8N2O3S/c1-3-5-6-7-20-8-11-24(21(4-2)16-20)27-17-22-9-10-23(18-26(22)45-27)46-15-13-30(35,36)32(39,40)31(37,38)29(33,34)12-14-44-28(43)25(42)19-41/h8-11,16-18,25H,3-7,12-15,19,41-42H2,1-2H3. The Labute approximate surface area is 266 Å². The quantitative estimate of drug-likeness (QED) is 0.0604. The van der Waals surface area contributed by atoms with Crippen LogP contribution in [0.1, 0.15) is 57.1 Å². The maximum Gasteiger partial charge on any atom is 0.378 e. The van der Waals surface area contributed by atoms with Gasteiger partial charge in [0.2, 0.25) is 0 Å². The van der Waals surface area contributed by atoms with Gasteiger partial charge in [0.1, 0.15) is 17.4 Å². The minimum absolute atomic E-state index is 0.323. The number of aryl methyl sites for hydroxylation is 2. The Morgan fingerprint density at radius 3 is 2.22 bits per heavy atom. The number of carbonyl (C=O) groups is 1. The molecule has 4 N–H and O–H groups in total. The molecule has 1 aromatic heterocycles. The molecule has 2 aromatic carbocycles. The number of ether oxygens (including phenoxy) is 1. The number of alkyl halides is 8. The Balaban J connectivity index is 1.67. The molecule has 3 aromatic rings. The lowest BCUT2D eigenvalue weighted by atomic mass is 9.95. The maximum atomic E-state index is 14.5. The van der Waals surface area contributed by atoms with Crippen LogP contribution in [0.25, 0.3) is 22.3 Å². The number of furan rings is 1. The number of halogens is 8. The van der Waals surface area contributed by atoms with Crippen molar-refractivity contribution in [2.75, 3.05) is 18.9 Å². The van der Waals surface area contributed by atoms with Crippen LogP contribution in [0.2, 0.25) is 0 Å². The minimum atomic E-state index is -6.47. The molecule has 1 atom stereocenters. The molecule has 0 amide bonds. The Hall–Kier alpha value is -2.84. The molecular formula is C32H38F8N2O3S. The molecule has 0 fully saturated rings. The summed E-state index contributed by atoms with van der Waals surface area (Å²) in [5, 5.41) is 0.697. The minimum Gasteiger partial charge on any atom is -0.464 e. The fourth-order valence-electron chi connectivity index (χ4n) is 4.70. The van der Waals surface area contributed by atoms with Gasteiger partial charge in [0.25, 0.3) is 0 Å². The second-order valence-electron chi connectivity index (χ2n) is 11.0. The summed E-state index contributed by atoms with van der Waals surface area (Å²) in [6.07, 6.45) is 1.11. The third-order valence-corrected chi connectivity index (χ3v) is 8.59. The number of nitrogens with two attached hydrogens (primary N) is 2. The van der Waals surface area contributed by atoms with Crippen LogP contribution in [0.5, 0.6) is 0 Å². The van der Waals surface area contributed by atoms with Crippen molar-refractivity contribution in [2.45, 2.75) is 93.4 Å². The molecule has 0 aliphatic heterocycles. The number of hydrogen-bond donors (Lipinski definition) is 2. The summed E-state index contributed by atoms with van der Waals surface area (Å²) in [6, 6.07) is 11.2. The fourth-order valence-corrected chi connectivity index (χ4v) is 5.65. The van der Waals surface area contributed by atoms with Crippen LogP contribution in [-0.4, -0.2) is 54.6 Å². The van der Waals surface area contributed by atoms with E-state index in [4.69, 9.17) is 15.9 Å². The zero-order valence-electron chi connectivity index (χ0n) is 25.5. The van der Waals surface area contributed by atoms with Crippen molar-refractivity contribution in [3.05, 3.63) is 53.6 Å². The lowest BCUT2D eigenvalue weighted by Crippen LogP contribution is -2.62. The topological polar surface area (TPSA) is 91.5 Å². The van der Waals surface area contributed by atoms with Gasteiger partial charge in [-0.1, -0.05) is 44.9 Å². The highest BCUT2D eigenvalue weighted by Crippen LogP contribution is 2.55. The number of benzene rings is 2. The molecule has 0 bridgehead atoms. The van der Waals surface area contributed by atoms with E-state index < -0.39 is 67.4 Å². The number of rotatable bonds is 18. The van der Waals surface area contributed by atoms with Crippen LogP contribution < -0.4 is 11.5 Å². The Kier molecular flexibility index (Phi) is 12.6. The molecule has 0 spiro atoms.